The Labute approximate surface area is 187 Å². The van der Waals surface area contributed by atoms with Gasteiger partial charge in [0.25, 0.3) is 5.56 Å². The third-order valence-corrected chi connectivity index (χ3v) is 7.01. The van der Waals surface area contributed by atoms with Gasteiger partial charge in [0.1, 0.15) is 18.0 Å². The van der Waals surface area contributed by atoms with E-state index in [4.69, 9.17) is 9.84 Å². The molecule has 1 aliphatic carbocycles. The molecule has 1 saturated carbocycles. The van der Waals surface area contributed by atoms with Gasteiger partial charge in [-0.25, -0.2) is 14.6 Å². The van der Waals surface area contributed by atoms with Gasteiger partial charge < -0.3 is 20.1 Å². The largest absolute Gasteiger partial charge is 0.391 e. The van der Waals surface area contributed by atoms with E-state index in [0.29, 0.717) is 13.2 Å². The number of rotatable bonds is 5. The SMILES string of the molecule is O=c1ccc(N2CCCCC2CNc2ncnc3c2COCC3)nn1C1CCCCC1O. The topological polar surface area (TPSA) is 105 Å². The first-order chi connectivity index (χ1) is 15.7. The van der Waals surface area contributed by atoms with Crippen molar-refractivity contribution >= 4 is 11.6 Å². The van der Waals surface area contributed by atoms with E-state index in [1.54, 1.807) is 12.4 Å². The molecule has 0 radical (unpaired) electrons. The fraction of sp³-hybridized carbons (Fsp3) is 0.652. The van der Waals surface area contributed by atoms with Gasteiger partial charge in [-0.15, -0.1) is 0 Å². The van der Waals surface area contributed by atoms with E-state index in [1.165, 1.54) is 4.68 Å². The fourth-order valence-electron chi connectivity index (χ4n) is 5.22. The Morgan fingerprint density at radius 1 is 1.12 bits per heavy atom. The van der Waals surface area contributed by atoms with Crippen LogP contribution in [0.5, 0.6) is 0 Å². The van der Waals surface area contributed by atoms with Gasteiger partial charge in [0, 0.05) is 37.2 Å². The molecule has 172 valence electrons. The van der Waals surface area contributed by atoms with Gasteiger partial charge in [0.15, 0.2) is 0 Å². The number of nitrogens with one attached hydrogen (secondary N) is 1. The zero-order chi connectivity index (χ0) is 21.9. The van der Waals surface area contributed by atoms with Crippen molar-refractivity contribution in [3.63, 3.8) is 0 Å². The van der Waals surface area contributed by atoms with Crippen molar-refractivity contribution in [1.82, 2.24) is 19.7 Å². The molecule has 9 heteroatoms. The third-order valence-electron chi connectivity index (χ3n) is 7.01. The number of piperidine rings is 1. The van der Waals surface area contributed by atoms with Crippen LogP contribution in [0.15, 0.2) is 23.3 Å². The molecule has 0 aromatic carbocycles. The molecule has 3 unspecified atom stereocenters. The summed E-state index contributed by atoms with van der Waals surface area (Å²) in [4.78, 5) is 23.7. The average Bonchev–Trinajstić information content (AvgIpc) is 2.84. The van der Waals surface area contributed by atoms with Crippen LogP contribution < -0.4 is 15.8 Å². The Bertz CT molecular complexity index is 996. The maximum atomic E-state index is 12.6. The monoisotopic (exact) mass is 440 g/mol. The molecule has 1 saturated heterocycles. The van der Waals surface area contributed by atoms with Crippen molar-refractivity contribution in [2.24, 2.45) is 0 Å². The van der Waals surface area contributed by atoms with Gasteiger partial charge in [-0.05, 0) is 38.2 Å². The van der Waals surface area contributed by atoms with Crippen molar-refractivity contribution in [2.75, 3.05) is 29.9 Å². The number of aliphatic hydroxyl groups is 1. The number of anilines is 2. The molecular weight excluding hydrogens is 408 g/mol. The molecule has 9 nitrogen and oxygen atoms in total. The van der Waals surface area contributed by atoms with Gasteiger partial charge in [-0.2, -0.15) is 5.10 Å². The fourth-order valence-corrected chi connectivity index (χ4v) is 5.22. The molecule has 2 aromatic heterocycles. The van der Waals surface area contributed by atoms with Crippen LogP contribution in [-0.4, -0.2) is 56.7 Å². The van der Waals surface area contributed by atoms with E-state index in [2.05, 4.69) is 20.2 Å². The standard InChI is InChI=1S/C23H32N6O3/c30-20-7-2-1-6-19(20)29-22(31)9-8-21(27-29)28-11-4-3-5-16(28)13-24-23-17-14-32-12-10-18(17)25-15-26-23/h8-9,15-16,19-20,30H,1-7,10-14H2,(H,24,25,26). The first-order valence-electron chi connectivity index (χ1n) is 11.9. The number of aromatic nitrogens is 4. The predicted molar refractivity (Wildman–Crippen MR) is 121 cm³/mol. The van der Waals surface area contributed by atoms with Crippen molar-refractivity contribution in [3.8, 4) is 0 Å². The summed E-state index contributed by atoms with van der Waals surface area (Å²) in [5.41, 5.74) is 1.98. The Morgan fingerprint density at radius 3 is 2.91 bits per heavy atom. The molecule has 3 aliphatic rings. The molecule has 2 aliphatic heterocycles. The van der Waals surface area contributed by atoms with Gasteiger partial charge in [0.2, 0.25) is 0 Å². The van der Waals surface area contributed by atoms with Crippen molar-refractivity contribution in [1.29, 1.82) is 0 Å². The van der Waals surface area contributed by atoms with Gasteiger partial charge in [0.05, 0.1) is 31.1 Å². The normalized spacial score (nSPS) is 25.9. The van der Waals surface area contributed by atoms with E-state index in [-0.39, 0.29) is 17.6 Å². The smallest absolute Gasteiger partial charge is 0.267 e. The van der Waals surface area contributed by atoms with E-state index in [1.807, 2.05) is 6.07 Å². The highest BCUT2D eigenvalue weighted by atomic mass is 16.5. The second kappa shape index (κ2) is 9.54. The molecule has 2 fully saturated rings. The van der Waals surface area contributed by atoms with Crippen molar-refractivity contribution in [3.05, 3.63) is 40.1 Å². The molecule has 2 aromatic rings. The number of hydrogen-bond donors (Lipinski definition) is 2. The summed E-state index contributed by atoms with van der Waals surface area (Å²) in [5.74, 6) is 1.66. The van der Waals surface area contributed by atoms with Gasteiger partial charge >= 0.3 is 0 Å². The highest BCUT2D eigenvalue weighted by Crippen LogP contribution is 2.29. The lowest BCUT2D eigenvalue weighted by molar-refractivity contribution is 0.0669. The summed E-state index contributed by atoms with van der Waals surface area (Å²) in [6.45, 7) is 2.88. The van der Waals surface area contributed by atoms with Crippen LogP contribution in [0.4, 0.5) is 11.6 Å². The van der Waals surface area contributed by atoms with Crippen LogP contribution in [0.3, 0.4) is 0 Å². The van der Waals surface area contributed by atoms with Crippen LogP contribution in [0.1, 0.15) is 62.2 Å². The third kappa shape index (κ3) is 4.36. The predicted octanol–water partition coefficient (Wildman–Crippen LogP) is 2.05. The summed E-state index contributed by atoms with van der Waals surface area (Å²) in [6.07, 6.45) is 8.79. The molecule has 4 heterocycles. The van der Waals surface area contributed by atoms with Crippen LogP contribution in [0.2, 0.25) is 0 Å². The first kappa shape index (κ1) is 21.3. The van der Waals surface area contributed by atoms with Crippen LogP contribution in [-0.2, 0) is 17.8 Å². The van der Waals surface area contributed by atoms with Gasteiger partial charge in [-0.1, -0.05) is 12.8 Å². The molecule has 2 N–H and O–H groups in total. The molecular formula is C23H32N6O3. The minimum absolute atomic E-state index is 0.140. The first-order valence-corrected chi connectivity index (χ1v) is 11.9. The summed E-state index contributed by atoms with van der Waals surface area (Å²) < 4.78 is 7.14. The number of aliphatic hydroxyl groups excluding tert-OH is 1. The number of ether oxygens (including phenoxy) is 1. The zero-order valence-corrected chi connectivity index (χ0v) is 18.4. The van der Waals surface area contributed by atoms with Gasteiger partial charge in [-0.3, -0.25) is 4.79 Å². The lowest BCUT2D eigenvalue weighted by atomic mass is 9.93. The summed E-state index contributed by atoms with van der Waals surface area (Å²) >= 11 is 0. The van der Waals surface area contributed by atoms with Crippen molar-refractivity contribution < 1.29 is 9.84 Å². The average molecular weight is 441 g/mol. The molecule has 0 bridgehead atoms. The van der Waals surface area contributed by atoms with Crippen molar-refractivity contribution in [2.45, 2.75) is 76.2 Å². The quantitative estimate of drug-likeness (QED) is 0.728. The lowest BCUT2D eigenvalue weighted by Crippen LogP contribution is -2.45. The van der Waals surface area contributed by atoms with E-state index in [9.17, 15) is 9.90 Å². The minimum Gasteiger partial charge on any atom is -0.391 e. The highest BCUT2D eigenvalue weighted by Gasteiger charge is 2.29. The Hall–Kier alpha value is -2.52. The highest BCUT2D eigenvalue weighted by molar-refractivity contribution is 5.47. The molecule has 0 spiro atoms. The summed E-state index contributed by atoms with van der Waals surface area (Å²) in [6, 6.07) is 3.44. The summed E-state index contributed by atoms with van der Waals surface area (Å²) in [7, 11) is 0. The minimum atomic E-state index is -0.505. The second-order valence-electron chi connectivity index (χ2n) is 9.07. The zero-order valence-electron chi connectivity index (χ0n) is 18.4. The Kier molecular flexibility index (Phi) is 6.36. The maximum Gasteiger partial charge on any atom is 0.267 e. The number of fused-ring (bicyclic) bond motifs is 1. The van der Waals surface area contributed by atoms with Crippen LogP contribution in [0.25, 0.3) is 0 Å². The van der Waals surface area contributed by atoms with E-state index < -0.39 is 6.10 Å². The second-order valence-corrected chi connectivity index (χ2v) is 9.07. The van der Waals surface area contributed by atoms with Crippen LogP contribution >= 0.6 is 0 Å². The molecule has 0 amide bonds. The van der Waals surface area contributed by atoms with Crippen LogP contribution in [0, 0.1) is 0 Å². The molecule has 3 atom stereocenters. The molecule has 32 heavy (non-hydrogen) atoms. The number of nitrogens with zero attached hydrogens (tertiary/aromatic N) is 5. The van der Waals surface area contributed by atoms with E-state index in [0.717, 1.165) is 87.3 Å². The Balaban J connectivity index is 1.35. The lowest BCUT2D eigenvalue weighted by Gasteiger charge is -2.37. The summed E-state index contributed by atoms with van der Waals surface area (Å²) in [5, 5.41) is 18.7. The Morgan fingerprint density at radius 2 is 2.00 bits per heavy atom. The van der Waals surface area contributed by atoms with E-state index >= 15 is 0 Å². The number of hydrogen-bond acceptors (Lipinski definition) is 8. The maximum absolute atomic E-state index is 12.6. The molecule has 5 rings (SSSR count).